The first kappa shape index (κ1) is 21.4. The van der Waals surface area contributed by atoms with Gasteiger partial charge in [0, 0.05) is 13.7 Å². The van der Waals surface area contributed by atoms with Gasteiger partial charge in [-0.15, -0.1) is 12.4 Å². The molecule has 3 N–H and O–H groups in total. The van der Waals surface area contributed by atoms with Crippen molar-refractivity contribution in [1.29, 1.82) is 0 Å². The standard InChI is InChI=1S/C16H24N2O4.ClH/c1-11(16(20)22-3)15(12-7-5-4-6-8-12)18-14(19)9-13(10-17)21-2;/h4-8,11,13,15H,9-10,17H2,1-3H3,(H,18,19);1H. The number of carbonyl (C=O) groups is 2. The second-order valence-corrected chi connectivity index (χ2v) is 5.07. The van der Waals surface area contributed by atoms with Gasteiger partial charge in [0.05, 0.1) is 31.6 Å². The number of nitrogens with two attached hydrogens (primary N) is 1. The van der Waals surface area contributed by atoms with Crippen molar-refractivity contribution in [3.8, 4) is 0 Å². The van der Waals surface area contributed by atoms with Crippen molar-refractivity contribution in [3.05, 3.63) is 35.9 Å². The lowest BCUT2D eigenvalue weighted by Gasteiger charge is -2.25. The van der Waals surface area contributed by atoms with Crippen molar-refractivity contribution in [2.24, 2.45) is 11.7 Å². The molecule has 0 aliphatic rings. The summed E-state index contributed by atoms with van der Waals surface area (Å²) >= 11 is 0. The Balaban J connectivity index is 0.00000484. The maximum absolute atomic E-state index is 12.2. The van der Waals surface area contributed by atoms with Gasteiger partial charge in [-0.3, -0.25) is 9.59 Å². The molecule has 0 aliphatic heterocycles. The summed E-state index contributed by atoms with van der Waals surface area (Å²) in [5, 5.41) is 2.87. The molecule has 0 spiro atoms. The Labute approximate surface area is 143 Å². The van der Waals surface area contributed by atoms with Gasteiger partial charge in [-0.05, 0) is 12.5 Å². The lowest BCUT2D eigenvalue weighted by Crippen LogP contribution is -2.38. The third kappa shape index (κ3) is 6.56. The molecule has 0 heterocycles. The van der Waals surface area contributed by atoms with Crippen LogP contribution in [-0.4, -0.2) is 38.7 Å². The van der Waals surface area contributed by atoms with E-state index in [0.717, 1.165) is 5.56 Å². The van der Waals surface area contributed by atoms with E-state index in [1.165, 1.54) is 14.2 Å². The highest BCUT2D eigenvalue weighted by Crippen LogP contribution is 2.23. The number of ether oxygens (including phenoxy) is 2. The molecule has 0 saturated carbocycles. The molecule has 23 heavy (non-hydrogen) atoms. The highest BCUT2D eigenvalue weighted by Gasteiger charge is 2.28. The molecule has 3 atom stereocenters. The highest BCUT2D eigenvalue weighted by atomic mass is 35.5. The van der Waals surface area contributed by atoms with Crippen molar-refractivity contribution >= 4 is 24.3 Å². The Kier molecular flexibility index (Phi) is 10.2. The molecule has 0 fully saturated rings. The van der Waals surface area contributed by atoms with Crippen molar-refractivity contribution in [3.63, 3.8) is 0 Å². The van der Waals surface area contributed by atoms with Crippen molar-refractivity contribution < 1.29 is 19.1 Å². The number of nitrogens with one attached hydrogen (secondary N) is 1. The fourth-order valence-corrected chi connectivity index (χ4v) is 2.18. The molecular weight excluding hydrogens is 320 g/mol. The van der Waals surface area contributed by atoms with Crippen molar-refractivity contribution in [2.75, 3.05) is 20.8 Å². The predicted octanol–water partition coefficient (Wildman–Crippen LogP) is 1.44. The number of benzene rings is 1. The normalized spacial score (nSPS) is 14.1. The summed E-state index contributed by atoms with van der Waals surface area (Å²) in [7, 11) is 2.84. The zero-order valence-electron chi connectivity index (χ0n) is 13.7. The van der Waals surface area contributed by atoms with Gasteiger partial charge < -0.3 is 20.5 Å². The van der Waals surface area contributed by atoms with E-state index in [0.29, 0.717) is 0 Å². The van der Waals surface area contributed by atoms with E-state index in [9.17, 15) is 9.59 Å². The molecule has 6 nitrogen and oxygen atoms in total. The Morgan fingerprint density at radius 3 is 2.30 bits per heavy atom. The third-order valence-corrected chi connectivity index (χ3v) is 3.56. The third-order valence-electron chi connectivity index (χ3n) is 3.56. The number of carbonyl (C=O) groups excluding carboxylic acids is 2. The molecule has 1 aromatic carbocycles. The molecule has 0 aliphatic carbocycles. The van der Waals surface area contributed by atoms with Crippen LogP contribution >= 0.6 is 12.4 Å². The maximum Gasteiger partial charge on any atom is 0.310 e. The van der Waals surface area contributed by atoms with Crippen LogP contribution < -0.4 is 11.1 Å². The first-order valence-electron chi connectivity index (χ1n) is 7.18. The summed E-state index contributed by atoms with van der Waals surface area (Å²) in [5.74, 6) is -1.10. The summed E-state index contributed by atoms with van der Waals surface area (Å²) in [4.78, 5) is 24.0. The van der Waals surface area contributed by atoms with E-state index >= 15 is 0 Å². The van der Waals surface area contributed by atoms with E-state index < -0.39 is 12.0 Å². The van der Waals surface area contributed by atoms with Crippen LogP contribution in [0.15, 0.2) is 30.3 Å². The van der Waals surface area contributed by atoms with Crippen LogP contribution in [0.25, 0.3) is 0 Å². The average molecular weight is 345 g/mol. The smallest absolute Gasteiger partial charge is 0.310 e. The first-order valence-corrected chi connectivity index (χ1v) is 7.18. The Morgan fingerprint density at radius 1 is 1.22 bits per heavy atom. The molecule has 0 saturated heterocycles. The number of hydrogen-bond acceptors (Lipinski definition) is 5. The van der Waals surface area contributed by atoms with Gasteiger partial charge in [0.1, 0.15) is 0 Å². The zero-order chi connectivity index (χ0) is 16.5. The minimum absolute atomic E-state index is 0. The molecule has 0 bridgehead atoms. The number of hydrogen-bond donors (Lipinski definition) is 2. The molecule has 0 aromatic heterocycles. The van der Waals surface area contributed by atoms with Gasteiger partial charge in [-0.25, -0.2) is 0 Å². The highest BCUT2D eigenvalue weighted by molar-refractivity contribution is 5.85. The van der Waals surface area contributed by atoms with Crippen LogP contribution in [0.3, 0.4) is 0 Å². The second kappa shape index (κ2) is 11.0. The van der Waals surface area contributed by atoms with Gasteiger partial charge in [0.25, 0.3) is 0 Å². The quantitative estimate of drug-likeness (QED) is 0.696. The van der Waals surface area contributed by atoms with Crippen molar-refractivity contribution in [1.82, 2.24) is 5.32 Å². The summed E-state index contributed by atoms with van der Waals surface area (Å²) < 4.78 is 9.89. The van der Waals surface area contributed by atoms with Gasteiger partial charge in [-0.2, -0.15) is 0 Å². The Bertz CT molecular complexity index is 480. The van der Waals surface area contributed by atoms with Gasteiger partial charge in [-0.1, -0.05) is 30.3 Å². The molecule has 1 amide bonds. The topological polar surface area (TPSA) is 90.7 Å². The van der Waals surface area contributed by atoms with E-state index in [1.807, 2.05) is 30.3 Å². The van der Waals surface area contributed by atoms with Gasteiger partial charge in [0.15, 0.2) is 0 Å². The van der Waals surface area contributed by atoms with Crippen LogP contribution in [0.4, 0.5) is 0 Å². The van der Waals surface area contributed by atoms with Crippen LogP contribution in [0.2, 0.25) is 0 Å². The zero-order valence-corrected chi connectivity index (χ0v) is 14.5. The fourth-order valence-electron chi connectivity index (χ4n) is 2.18. The van der Waals surface area contributed by atoms with Crippen LogP contribution in [0.1, 0.15) is 24.9 Å². The van der Waals surface area contributed by atoms with Gasteiger partial charge in [0.2, 0.25) is 5.91 Å². The molecule has 1 rings (SSSR count). The minimum atomic E-state index is -0.504. The molecular formula is C16H25ClN2O4. The Morgan fingerprint density at radius 2 is 1.83 bits per heavy atom. The maximum atomic E-state index is 12.2. The van der Waals surface area contributed by atoms with Crippen LogP contribution in [0.5, 0.6) is 0 Å². The second-order valence-electron chi connectivity index (χ2n) is 5.07. The summed E-state index contributed by atoms with van der Waals surface area (Å²) in [5.41, 5.74) is 6.37. The summed E-state index contributed by atoms with van der Waals surface area (Å²) in [6, 6.07) is 8.85. The number of esters is 1. The molecule has 7 heteroatoms. The summed E-state index contributed by atoms with van der Waals surface area (Å²) in [6.45, 7) is 1.98. The number of rotatable bonds is 8. The van der Waals surface area contributed by atoms with Crippen molar-refractivity contribution in [2.45, 2.75) is 25.5 Å². The van der Waals surface area contributed by atoms with E-state index in [4.69, 9.17) is 15.2 Å². The Hall–Kier alpha value is -1.63. The van der Waals surface area contributed by atoms with Crippen LogP contribution in [0, 0.1) is 5.92 Å². The van der Waals surface area contributed by atoms with E-state index in [2.05, 4.69) is 5.32 Å². The first-order chi connectivity index (χ1) is 10.5. The molecule has 1 aromatic rings. The molecule has 3 unspecified atom stereocenters. The van der Waals surface area contributed by atoms with Gasteiger partial charge >= 0.3 is 5.97 Å². The molecule has 130 valence electrons. The molecule has 0 radical (unpaired) electrons. The average Bonchev–Trinajstić information content (AvgIpc) is 2.56. The number of amides is 1. The predicted molar refractivity (Wildman–Crippen MR) is 90.2 cm³/mol. The lowest BCUT2D eigenvalue weighted by molar-refractivity contribution is -0.146. The fraction of sp³-hybridized carbons (Fsp3) is 0.500. The number of halogens is 1. The number of methoxy groups -OCH3 is 2. The summed E-state index contributed by atoms with van der Waals surface area (Å²) in [6.07, 6.45) is -0.200. The lowest BCUT2D eigenvalue weighted by atomic mass is 9.94. The minimum Gasteiger partial charge on any atom is -0.469 e. The SMILES string of the molecule is COC(=O)C(C)C(NC(=O)CC(CN)OC)c1ccccc1.Cl. The monoisotopic (exact) mass is 344 g/mol. The van der Waals surface area contributed by atoms with E-state index in [1.54, 1.807) is 6.92 Å². The van der Waals surface area contributed by atoms with E-state index in [-0.39, 0.29) is 43.4 Å². The van der Waals surface area contributed by atoms with Crippen LogP contribution in [-0.2, 0) is 19.1 Å². The largest absolute Gasteiger partial charge is 0.469 e.